The van der Waals surface area contributed by atoms with Gasteiger partial charge in [0.25, 0.3) is 0 Å². The molecule has 0 radical (unpaired) electrons. The summed E-state index contributed by atoms with van der Waals surface area (Å²) >= 11 is 1.52. The summed E-state index contributed by atoms with van der Waals surface area (Å²) < 4.78 is 9.95. The van der Waals surface area contributed by atoms with Crippen molar-refractivity contribution in [3.63, 3.8) is 0 Å². The van der Waals surface area contributed by atoms with Crippen molar-refractivity contribution in [2.45, 2.75) is 26.9 Å². The van der Waals surface area contributed by atoms with Gasteiger partial charge in [-0.3, -0.25) is 9.59 Å². The summed E-state index contributed by atoms with van der Waals surface area (Å²) in [4.78, 5) is 23.6. The molecule has 0 bridgehead atoms. The molecule has 0 aliphatic rings. The Balaban J connectivity index is 2.70. The van der Waals surface area contributed by atoms with E-state index in [0.29, 0.717) is 0 Å². The molecule has 4 nitrogen and oxygen atoms in total. The number of hydrogen-bond donors (Lipinski definition) is 0. The highest BCUT2D eigenvalue weighted by Gasteiger charge is 2.18. The quantitative estimate of drug-likeness (QED) is 0.760. The third-order valence-electron chi connectivity index (χ3n) is 1.82. The third-order valence-corrected chi connectivity index (χ3v) is 2.92. The average Bonchev–Trinajstić information content (AvgIpc) is 2.58. The second-order valence-corrected chi connectivity index (χ2v) is 4.67. The van der Waals surface area contributed by atoms with Gasteiger partial charge in [-0.1, -0.05) is 0 Å². The molecule has 0 N–H and O–H groups in total. The topological polar surface area (TPSA) is 52.6 Å². The number of esters is 2. The fourth-order valence-electron chi connectivity index (χ4n) is 1.19. The number of carbonyl (C=O) groups is 2. The summed E-state index contributed by atoms with van der Waals surface area (Å²) in [6.45, 7) is 4.69. The highest BCUT2D eigenvalue weighted by molar-refractivity contribution is 7.12. The maximum atomic E-state index is 10.9. The molecule has 0 fully saturated rings. The van der Waals surface area contributed by atoms with E-state index in [9.17, 15) is 9.59 Å². The molecule has 1 aromatic rings. The van der Waals surface area contributed by atoms with Crippen molar-refractivity contribution >= 4 is 23.3 Å². The van der Waals surface area contributed by atoms with Crippen molar-refractivity contribution in [3.8, 4) is 0 Å². The number of aryl methyl sites for hydroxylation is 1. The van der Waals surface area contributed by atoms with Gasteiger partial charge in [0.15, 0.2) is 6.10 Å². The predicted molar refractivity (Wildman–Crippen MR) is 60.2 cm³/mol. The van der Waals surface area contributed by atoms with E-state index < -0.39 is 6.10 Å². The minimum Gasteiger partial charge on any atom is -0.462 e. The summed E-state index contributed by atoms with van der Waals surface area (Å²) in [5.41, 5.74) is 0. The zero-order chi connectivity index (χ0) is 12.1. The first-order chi connectivity index (χ1) is 7.49. The molecule has 1 unspecified atom stereocenters. The Morgan fingerprint density at radius 3 is 2.44 bits per heavy atom. The van der Waals surface area contributed by atoms with Gasteiger partial charge in [-0.05, 0) is 19.1 Å². The van der Waals surface area contributed by atoms with Crippen molar-refractivity contribution in [2.24, 2.45) is 0 Å². The molecule has 1 aromatic heterocycles. The molecule has 1 heterocycles. The molecule has 0 spiro atoms. The molecule has 0 aliphatic heterocycles. The van der Waals surface area contributed by atoms with E-state index in [2.05, 4.69) is 0 Å². The van der Waals surface area contributed by atoms with Crippen LogP contribution in [0.25, 0.3) is 0 Å². The number of rotatable bonds is 4. The summed E-state index contributed by atoms with van der Waals surface area (Å²) in [5.74, 6) is -0.770. The van der Waals surface area contributed by atoms with Crippen LogP contribution in [0.2, 0.25) is 0 Å². The second-order valence-electron chi connectivity index (χ2n) is 3.35. The zero-order valence-electron chi connectivity index (χ0n) is 9.48. The molecular weight excluding hydrogens is 228 g/mol. The Hall–Kier alpha value is -1.36. The average molecular weight is 242 g/mol. The van der Waals surface area contributed by atoms with Gasteiger partial charge in [-0.2, -0.15) is 0 Å². The maximum Gasteiger partial charge on any atom is 0.303 e. The molecule has 1 atom stereocenters. The Morgan fingerprint density at radius 1 is 1.31 bits per heavy atom. The van der Waals surface area contributed by atoms with E-state index in [1.54, 1.807) is 0 Å². The number of thiophene rings is 1. The van der Waals surface area contributed by atoms with Crippen LogP contribution in [0.3, 0.4) is 0 Å². The zero-order valence-corrected chi connectivity index (χ0v) is 10.3. The van der Waals surface area contributed by atoms with Gasteiger partial charge in [0.1, 0.15) is 6.61 Å². The maximum absolute atomic E-state index is 10.9. The predicted octanol–water partition coefficient (Wildman–Crippen LogP) is 2.22. The minimum atomic E-state index is -0.500. The van der Waals surface area contributed by atoms with Gasteiger partial charge >= 0.3 is 11.9 Å². The van der Waals surface area contributed by atoms with E-state index >= 15 is 0 Å². The third kappa shape index (κ3) is 4.02. The Bertz CT molecular complexity index is 383. The van der Waals surface area contributed by atoms with E-state index in [1.807, 2.05) is 19.1 Å². The summed E-state index contributed by atoms with van der Waals surface area (Å²) in [6.07, 6.45) is -0.500. The summed E-state index contributed by atoms with van der Waals surface area (Å²) in [5, 5.41) is 0. The monoisotopic (exact) mass is 242 g/mol. The SMILES string of the molecule is CC(=O)OCC(OC(C)=O)c1ccc(C)s1. The van der Waals surface area contributed by atoms with Crippen molar-refractivity contribution < 1.29 is 19.1 Å². The number of hydrogen-bond acceptors (Lipinski definition) is 5. The van der Waals surface area contributed by atoms with Crippen LogP contribution in [-0.4, -0.2) is 18.5 Å². The van der Waals surface area contributed by atoms with Crippen LogP contribution in [0.5, 0.6) is 0 Å². The number of carbonyl (C=O) groups excluding carboxylic acids is 2. The standard InChI is InChI=1S/C11H14O4S/c1-7-4-5-11(16-7)10(15-9(3)13)6-14-8(2)12/h4-5,10H,6H2,1-3H3. The molecule has 1 rings (SSSR count). The van der Waals surface area contributed by atoms with Crippen LogP contribution < -0.4 is 0 Å². The van der Waals surface area contributed by atoms with Crippen LogP contribution in [0, 0.1) is 6.92 Å². The molecule has 0 saturated heterocycles. The van der Waals surface area contributed by atoms with Crippen LogP contribution >= 0.6 is 11.3 Å². The smallest absolute Gasteiger partial charge is 0.303 e. The first-order valence-electron chi connectivity index (χ1n) is 4.86. The Labute approximate surface area is 98.2 Å². The largest absolute Gasteiger partial charge is 0.462 e. The fourth-order valence-corrected chi connectivity index (χ4v) is 2.09. The highest BCUT2D eigenvalue weighted by Crippen LogP contribution is 2.26. The lowest BCUT2D eigenvalue weighted by Crippen LogP contribution is -2.15. The van der Waals surface area contributed by atoms with Crippen molar-refractivity contribution in [3.05, 3.63) is 21.9 Å². The molecule has 0 aromatic carbocycles. The lowest BCUT2D eigenvalue weighted by atomic mass is 10.3. The van der Waals surface area contributed by atoms with Gasteiger partial charge in [-0.25, -0.2) is 0 Å². The summed E-state index contributed by atoms with van der Waals surface area (Å²) in [7, 11) is 0. The van der Waals surface area contributed by atoms with Crippen LogP contribution in [-0.2, 0) is 19.1 Å². The Morgan fingerprint density at radius 2 is 2.00 bits per heavy atom. The van der Waals surface area contributed by atoms with Crippen molar-refractivity contribution in [2.75, 3.05) is 6.61 Å². The van der Waals surface area contributed by atoms with Crippen molar-refractivity contribution in [1.29, 1.82) is 0 Å². The lowest BCUT2D eigenvalue weighted by Gasteiger charge is -2.14. The molecule has 88 valence electrons. The van der Waals surface area contributed by atoms with E-state index in [4.69, 9.17) is 9.47 Å². The molecule has 5 heteroatoms. The second kappa shape index (κ2) is 5.65. The first kappa shape index (κ1) is 12.7. The van der Waals surface area contributed by atoms with Crippen LogP contribution in [0.4, 0.5) is 0 Å². The summed E-state index contributed by atoms with van der Waals surface area (Å²) in [6, 6.07) is 3.81. The molecule has 0 saturated carbocycles. The van der Waals surface area contributed by atoms with Gasteiger partial charge in [0.05, 0.1) is 0 Å². The number of ether oxygens (including phenoxy) is 2. The van der Waals surface area contributed by atoms with Crippen molar-refractivity contribution in [1.82, 2.24) is 0 Å². The highest BCUT2D eigenvalue weighted by atomic mass is 32.1. The lowest BCUT2D eigenvalue weighted by molar-refractivity contribution is -0.156. The van der Waals surface area contributed by atoms with Crippen LogP contribution in [0.1, 0.15) is 29.7 Å². The van der Waals surface area contributed by atoms with Gasteiger partial charge in [0, 0.05) is 23.6 Å². The molecular formula is C11H14O4S. The molecule has 16 heavy (non-hydrogen) atoms. The first-order valence-corrected chi connectivity index (χ1v) is 5.67. The van der Waals surface area contributed by atoms with E-state index in [1.165, 1.54) is 25.2 Å². The molecule has 0 aliphatic carbocycles. The molecule has 0 amide bonds. The van der Waals surface area contributed by atoms with Crippen LogP contribution in [0.15, 0.2) is 12.1 Å². The minimum absolute atomic E-state index is 0.0644. The van der Waals surface area contributed by atoms with Gasteiger partial charge in [-0.15, -0.1) is 11.3 Å². The van der Waals surface area contributed by atoms with Gasteiger partial charge in [0.2, 0.25) is 0 Å². The normalized spacial score (nSPS) is 11.9. The fraction of sp³-hybridized carbons (Fsp3) is 0.455. The van der Waals surface area contributed by atoms with E-state index in [-0.39, 0.29) is 18.5 Å². The van der Waals surface area contributed by atoms with E-state index in [0.717, 1.165) is 9.75 Å². The van der Waals surface area contributed by atoms with Gasteiger partial charge < -0.3 is 9.47 Å². The Kier molecular flexibility index (Phi) is 4.49.